The lowest BCUT2D eigenvalue weighted by Gasteiger charge is -2.30. The average Bonchev–Trinajstić information content (AvgIpc) is 2.95. The Labute approximate surface area is 118 Å². The fourth-order valence-corrected chi connectivity index (χ4v) is 2.21. The van der Waals surface area contributed by atoms with Gasteiger partial charge in [0.05, 0.1) is 0 Å². The largest absolute Gasteiger partial charge is 0.481 e. The zero-order valence-corrected chi connectivity index (χ0v) is 11.3. The molecule has 0 radical (unpaired) electrons. The highest BCUT2D eigenvalue weighted by molar-refractivity contribution is 5.47. The smallest absolute Gasteiger partial charge is 0.231 e. The highest BCUT2D eigenvalue weighted by Crippen LogP contribution is 2.37. The maximum atomic E-state index is 6.10. The van der Waals surface area contributed by atoms with Crippen molar-refractivity contribution in [3.63, 3.8) is 0 Å². The van der Waals surface area contributed by atoms with Crippen molar-refractivity contribution in [3.8, 4) is 17.2 Å². The van der Waals surface area contributed by atoms with E-state index in [9.17, 15) is 0 Å². The summed E-state index contributed by atoms with van der Waals surface area (Å²) >= 11 is 0. The van der Waals surface area contributed by atoms with E-state index >= 15 is 0 Å². The van der Waals surface area contributed by atoms with Crippen molar-refractivity contribution in [1.29, 1.82) is 0 Å². The lowest BCUT2D eigenvalue weighted by atomic mass is 9.96. The fraction of sp³-hybridized carbons (Fsp3) is 0.250. The van der Waals surface area contributed by atoms with E-state index in [1.165, 1.54) is 0 Å². The number of hydrogen-bond acceptors (Lipinski definition) is 4. The van der Waals surface area contributed by atoms with Crippen LogP contribution < -0.4 is 19.9 Å². The number of hydrogen-bond donors (Lipinski definition) is 1. The van der Waals surface area contributed by atoms with Crippen LogP contribution in [0.3, 0.4) is 0 Å². The normalized spacial score (nSPS) is 15.7. The zero-order valence-electron chi connectivity index (χ0n) is 11.3. The summed E-state index contributed by atoms with van der Waals surface area (Å²) in [5.41, 5.74) is 6.39. The van der Waals surface area contributed by atoms with Crippen molar-refractivity contribution in [3.05, 3.63) is 54.1 Å². The van der Waals surface area contributed by atoms with Gasteiger partial charge in [0.25, 0.3) is 0 Å². The Hall–Kier alpha value is -2.20. The predicted molar refractivity (Wildman–Crippen MR) is 76.0 cm³/mol. The molecule has 0 saturated heterocycles. The molecule has 1 unspecified atom stereocenters. The molecule has 2 aromatic carbocycles. The minimum Gasteiger partial charge on any atom is -0.481 e. The van der Waals surface area contributed by atoms with E-state index in [2.05, 4.69) is 0 Å². The van der Waals surface area contributed by atoms with Gasteiger partial charge in [-0.1, -0.05) is 30.3 Å². The lowest BCUT2D eigenvalue weighted by Crippen LogP contribution is -2.37. The summed E-state index contributed by atoms with van der Waals surface area (Å²) in [7, 11) is 0. The fourth-order valence-electron chi connectivity index (χ4n) is 2.21. The molecule has 0 amide bonds. The second-order valence-corrected chi connectivity index (χ2v) is 4.92. The van der Waals surface area contributed by atoms with Crippen LogP contribution in [0.15, 0.2) is 48.5 Å². The summed E-state index contributed by atoms with van der Waals surface area (Å²) in [6, 6.07) is 15.5. The first-order valence-corrected chi connectivity index (χ1v) is 6.55. The molecule has 2 N–H and O–H groups in total. The van der Waals surface area contributed by atoms with E-state index in [0.717, 1.165) is 11.3 Å². The molecule has 1 atom stereocenters. The third-order valence-corrected chi connectivity index (χ3v) is 3.46. The first-order chi connectivity index (χ1) is 9.71. The van der Waals surface area contributed by atoms with Gasteiger partial charge >= 0.3 is 0 Å². The molecule has 1 heterocycles. The van der Waals surface area contributed by atoms with E-state index in [1.807, 2.05) is 55.5 Å². The summed E-state index contributed by atoms with van der Waals surface area (Å²) in [4.78, 5) is 0. The standard InChI is InChI=1S/C16H17NO3/c1-16(10-17,12-5-3-2-4-6-12)20-13-7-8-14-15(9-13)19-11-18-14/h2-9H,10-11,17H2,1H3. The van der Waals surface area contributed by atoms with Gasteiger partial charge in [0.15, 0.2) is 11.5 Å². The Morgan fingerprint density at radius 3 is 2.60 bits per heavy atom. The van der Waals surface area contributed by atoms with Crippen LogP contribution in [0.1, 0.15) is 12.5 Å². The van der Waals surface area contributed by atoms with Crippen molar-refractivity contribution >= 4 is 0 Å². The summed E-state index contributed by atoms with van der Waals surface area (Å²) in [5, 5.41) is 0. The van der Waals surface area contributed by atoms with Gasteiger partial charge < -0.3 is 19.9 Å². The Morgan fingerprint density at radius 1 is 1.10 bits per heavy atom. The van der Waals surface area contributed by atoms with Crippen molar-refractivity contribution in [2.75, 3.05) is 13.3 Å². The van der Waals surface area contributed by atoms with Gasteiger partial charge in [0.2, 0.25) is 6.79 Å². The third kappa shape index (κ3) is 2.30. The van der Waals surface area contributed by atoms with Gasteiger partial charge in [0.1, 0.15) is 11.4 Å². The molecular weight excluding hydrogens is 254 g/mol. The van der Waals surface area contributed by atoms with E-state index < -0.39 is 5.60 Å². The zero-order chi connectivity index (χ0) is 14.0. The minimum atomic E-state index is -0.574. The van der Waals surface area contributed by atoms with E-state index in [0.29, 0.717) is 18.0 Å². The first kappa shape index (κ1) is 12.8. The highest BCUT2D eigenvalue weighted by atomic mass is 16.7. The van der Waals surface area contributed by atoms with Gasteiger partial charge in [0, 0.05) is 12.6 Å². The van der Waals surface area contributed by atoms with Crippen LogP contribution in [0.4, 0.5) is 0 Å². The monoisotopic (exact) mass is 271 g/mol. The van der Waals surface area contributed by atoms with Crippen LogP contribution in [-0.4, -0.2) is 13.3 Å². The Kier molecular flexibility index (Phi) is 3.24. The molecule has 0 fully saturated rings. The second-order valence-electron chi connectivity index (χ2n) is 4.92. The van der Waals surface area contributed by atoms with Crippen LogP contribution >= 0.6 is 0 Å². The van der Waals surface area contributed by atoms with Crippen LogP contribution in [0.2, 0.25) is 0 Å². The molecule has 0 bridgehead atoms. The molecule has 1 aliphatic rings. The van der Waals surface area contributed by atoms with Crippen molar-refractivity contribution in [1.82, 2.24) is 0 Å². The molecule has 0 aliphatic carbocycles. The molecule has 0 saturated carbocycles. The van der Waals surface area contributed by atoms with E-state index in [-0.39, 0.29) is 6.79 Å². The molecule has 4 heteroatoms. The Bertz CT molecular complexity index is 600. The topological polar surface area (TPSA) is 53.7 Å². The quantitative estimate of drug-likeness (QED) is 0.929. The van der Waals surface area contributed by atoms with Gasteiger partial charge in [-0.3, -0.25) is 0 Å². The number of benzene rings is 2. The minimum absolute atomic E-state index is 0.256. The van der Waals surface area contributed by atoms with Gasteiger partial charge in [-0.15, -0.1) is 0 Å². The SMILES string of the molecule is CC(CN)(Oc1ccc2c(c1)OCO2)c1ccccc1. The predicted octanol–water partition coefficient (Wildman–Crippen LogP) is 2.67. The summed E-state index contributed by atoms with van der Waals surface area (Å²) in [6.07, 6.45) is 0. The first-order valence-electron chi connectivity index (χ1n) is 6.55. The molecule has 0 spiro atoms. The van der Waals surface area contributed by atoms with Crippen LogP contribution in [0, 0.1) is 0 Å². The number of rotatable bonds is 4. The van der Waals surface area contributed by atoms with Crippen molar-refractivity contribution in [2.45, 2.75) is 12.5 Å². The van der Waals surface area contributed by atoms with Gasteiger partial charge in [-0.2, -0.15) is 0 Å². The summed E-state index contributed by atoms with van der Waals surface area (Å²) in [6.45, 7) is 2.62. The van der Waals surface area contributed by atoms with Crippen LogP contribution in [0.25, 0.3) is 0 Å². The van der Waals surface area contributed by atoms with Gasteiger partial charge in [-0.25, -0.2) is 0 Å². The molecule has 3 rings (SSSR count). The maximum absolute atomic E-state index is 6.10. The summed E-state index contributed by atoms with van der Waals surface area (Å²) in [5.74, 6) is 2.16. The molecule has 1 aliphatic heterocycles. The number of nitrogens with two attached hydrogens (primary N) is 1. The molecule has 0 aromatic heterocycles. The molecule has 4 nitrogen and oxygen atoms in total. The Balaban J connectivity index is 1.88. The van der Waals surface area contributed by atoms with Gasteiger partial charge in [-0.05, 0) is 24.6 Å². The van der Waals surface area contributed by atoms with Crippen LogP contribution in [0.5, 0.6) is 17.2 Å². The van der Waals surface area contributed by atoms with E-state index in [4.69, 9.17) is 19.9 Å². The highest BCUT2D eigenvalue weighted by Gasteiger charge is 2.27. The summed E-state index contributed by atoms with van der Waals surface area (Å²) < 4.78 is 16.8. The lowest BCUT2D eigenvalue weighted by molar-refractivity contribution is 0.0961. The van der Waals surface area contributed by atoms with Crippen LogP contribution in [-0.2, 0) is 5.60 Å². The van der Waals surface area contributed by atoms with Crippen molar-refractivity contribution < 1.29 is 14.2 Å². The van der Waals surface area contributed by atoms with Crippen molar-refractivity contribution in [2.24, 2.45) is 5.73 Å². The number of ether oxygens (including phenoxy) is 3. The molecule has 2 aromatic rings. The molecule has 20 heavy (non-hydrogen) atoms. The average molecular weight is 271 g/mol. The van der Waals surface area contributed by atoms with E-state index in [1.54, 1.807) is 0 Å². The molecular formula is C16H17NO3. The number of fused-ring (bicyclic) bond motifs is 1. The third-order valence-electron chi connectivity index (χ3n) is 3.46. The maximum Gasteiger partial charge on any atom is 0.231 e. The second kappa shape index (κ2) is 5.06. The Morgan fingerprint density at radius 2 is 1.85 bits per heavy atom. The molecule has 104 valence electrons.